The van der Waals surface area contributed by atoms with Crippen LogP contribution < -0.4 is 0 Å². The maximum Gasteiger partial charge on any atom is 0.272 e. The number of hydrogen-bond donors (Lipinski definition) is 0. The highest BCUT2D eigenvalue weighted by Crippen LogP contribution is 2.26. The van der Waals surface area contributed by atoms with Gasteiger partial charge in [0, 0.05) is 31.3 Å². The van der Waals surface area contributed by atoms with Crippen molar-refractivity contribution < 1.29 is 18.9 Å². The average molecular weight is 410 g/mol. The lowest BCUT2D eigenvalue weighted by atomic mass is 10.2. The minimum absolute atomic E-state index is 0.0783. The Kier molecular flexibility index (Phi) is 5.13. The normalized spacial score (nSPS) is 19.1. The fourth-order valence-electron chi connectivity index (χ4n) is 3.67. The monoisotopic (exact) mass is 410 g/mol. The number of carbonyl (C=O) groups excluding carboxylic acids is 1. The first kappa shape index (κ1) is 19.8. The van der Waals surface area contributed by atoms with Crippen molar-refractivity contribution in [2.24, 2.45) is 0 Å². The van der Waals surface area contributed by atoms with E-state index in [4.69, 9.17) is 9.15 Å². The highest BCUT2D eigenvalue weighted by molar-refractivity contribution is 5.94. The SMILES string of the molecule is Cc1ccc(-c2cc(C(=O)N3C[C@@H](C)O[C@@H](C)C3)n(-c3cccc([N+](=O)[O-])c3)n2)o1. The van der Waals surface area contributed by atoms with Crippen LogP contribution >= 0.6 is 0 Å². The van der Waals surface area contributed by atoms with Crippen molar-refractivity contribution in [2.45, 2.75) is 33.0 Å². The minimum atomic E-state index is -0.476. The summed E-state index contributed by atoms with van der Waals surface area (Å²) in [5.41, 5.74) is 1.13. The molecule has 1 aliphatic rings. The maximum atomic E-state index is 13.4. The number of rotatable bonds is 4. The van der Waals surface area contributed by atoms with Crippen LogP contribution in [0.5, 0.6) is 0 Å². The van der Waals surface area contributed by atoms with Crippen LogP contribution in [0.3, 0.4) is 0 Å². The molecule has 1 saturated heterocycles. The van der Waals surface area contributed by atoms with Gasteiger partial charge in [0.15, 0.2) is 5.76 Å². The number of furan rings is 1. The fraction of sp³-hybridized carbons (Fsp3) is 0.333. The van der Waals surface area contributed by atoms with Crippen LogP contribution in [0.2, 0.25) is 0 Å². The molecule has 30 heavy (non-hydrogen) atoms. The van der Waals surface area contributed by atoms with Gasteiger partial charge in [0.2, 0.25) is 0 Å². The summed E-state index contributed by atoms with van der Waals surface area (Å²) < 4.78 is 12.8. The molecule has 0 unspecified atom stereocenters. The Hall–Kier alpha value is -3.46. The van der Waals surface area contributed by atoms with E-state index in [9.17, 15) is 14.9 Å². The van der Waals surface area contributed by atoms with E-state index in [1.807, 2.05) is 26.8 Å². The van der Waals surface area contributed by atoms with E-state index in [-0.39, 0.29) is 23.8 Å². The van der Waals surface area contributed by atoms with Crippen LogP contribution in [0.25, 0.3) is 17.1 Å². The van der Waals surface area contributed by atoms with Crippen LogP contribution in [0.1, 0.15) is 30.1 Å². The molecule has 3 aromatic rings. The molecule has 1 aliphatic heterocycles. The zero-order chi connectivity index (χ0) is 21.4. The Morgan fingerprint density at radius 3 is 2.53 bits per heavy atom. The smallest absolute Gasteiger partial charge is 0.272 e. The number of nitro groups is 1. The number of ether oxygens (including phenoxy) is 1. The second-order valence-electron chi connectivity index (χ2n) is 7.48. The lowest BCUT2D eigenvalue weighted by Gasteiger charge is -2.35. The van der Waals surface area contributed by atoms with Crippen LogP contribution in [0, 0.1) is 17.0 Å². The van der Waals surface area contributed by atoms with Crippen molar-refractivity contribution in [2.75, 3.05) is 13.1 Å². The molecule has 0 bridgehead atoms. The lowest BCUT2D eigenvalue weighted by Crippen LogP contribution is -2.48. The van der Waals surface area contributed by atoms with Crippen molar-refractivity contribution >= 4 is 11.6 Å². The molecule has 2 atom stereocenters. The van der Waals surface area contributed by atoms with Crippen molar-refractivity contribution in [3.63, 3.8) is 0 Å². The molecule has 0 aliphatic carbocycles. The number of aromatic nitrogens is 2. The first-order chi connectivity index (χ1) is 14.3. The molecule has 9 nitrogen and oxygen atoms in total. The number of nitro benzene ring substituents is 1. The van der Waals surface area contributed by atoms with E-state index < -0.39 is 4.92 Å². The molecule has 4 rings (SSSR count). The molecule has 156 valence electrons. The third-order valence-electron chi connectivity index (χ3n) is 4.91. The van der Waals surface area contributed by atoms with Gasteiger partial charge >= 0.3 is 0 Å². The zero-order valence-electron chi connectivity index (χ0n) is 16.9. The average Bonchev–Trinajstić information content (AvgIpc) is 3.33. The summed E-state index contributed by atoms with van der Waals surface area (Å²) in [7, 11) is 0. The Labute approximate surface area is 173 Å². The Bertz CT molecular complexity index is 1090. The highest BCUT2D eigenvalue weighted by atomic mass is 16.6. The zero-order valence-corrected chi connectivity index (χ0v) is 16.9. The van der Waals surface area contributed by atoms with E-state index in [2.05, 4.69) is 5.10 Å². The predicted molar refractivity (Wildman–Crippen MR) is 109 cm³/mol. The second-order valence-corrected chi connectivity index (χ2v) is 7.48. The Balaban J connectivity index is 1.80. The summed E-state index contributed by atoms with van der Waals surface area (Å²) in [6.45, 7) is 6.58. The van der Waals surface area contributed by atoms with E-state index >= 15 is 0 Å². The van der Waals surface area contributed by atoms with Crippen molar-refractivity contribution in [3.8, 4) is 17.1 Å². The molecule has 0 radical (unpaired) electrons. The molecule has 2 aromatic heterocycles. The van der Waals surface area contributed by atoms with Gasteiger partial charge < -0.3 is 14.1 Å². The van der Waals surface area contributed by atoms with Gasteiger partial charge in [0.05, 0.1) is 22.8 Å². The van der Waals surface area contributed by atoms with Crippen LogP contribution in [0.15, 0.2) is 46.9 Å². The van der Waals surface area contributed by atoms with Crippen molar-refractivity contribution in [1.29, 1.82) is 0 Å². The summed E-state index contributed by atoms with van der Waals surface area (Å²) in [5, 5.41) is 15.8. The van der Waals surface area contributed by atoms with Crippen LogP contribution in [0.4, 0.5) is 5.69 Å². The van der Waals surface area contributed by atoms with Gasteiger partial charge in [-0.2, -0.15) is 5.10 Å². The number of carbonyl (C=O) groups is 1. The molecule has 1 fully saturated rings. The summed E-state index contributed by atoms with van der Waals surface area (Å²) >= 11 is 0. The highest BCUT2D eigenvalue weighted by Gasteiger charge is 2.30. The number of morpholine rings is 1. The molecule has 1 amide bonds. The molecular formula is C21H22N4O5. The predicted octanol–water partition coefficient (Wildman–Crippen LogP) is 3.60. The number of nitrogens with zero attached hydrogens (tertiary/aromatic N) is 4. The van der Waals surface area contributed by atoms with Crippen molar-refractivity contribution in [1.82, 2.24) is 14.7 Å². The van der Waals surface area contributed by atoms with Gasteiger partial charge in [0.1, 0.15) is 17.1 Å². The van der Waals surface area contributed by atoms with Gasteiger partial charge in [-0.1, -0.05) is 6.07 Å². The number of non-ortho nitro benzene ring substituents is 1. The largest absolute Gasteiger partial charge is 0.460 e. The van der Waals surface area contributed by atoms with Gasteiger partial charge in [-0.05, 0) is 39.0 Å². The topological polar surface area (TPSA) is 104 Å². The van der Waals surface area contributed by atoms with E-state index in [1.54, 1.807) is 29.2 Å². The van der Waals surface area contributed by atoms with Crippen LogP contribution in [-0.4, -0.2) is 50.8 Å². The van der Waals surface area contributed by atoms with E-state index in [0.717, 1.165) is 5.76 Å². The number of amides is 1. The fourth-order valence-corrected chi connectivity index (χ4v) is 3.67. The number of benzene rings is 1. The molecule has 3 heterocycles. The minimum Gasteiger partial charge on any atom is -0.460 e. The summed E-state index contributed by atoms with van der Waals surface area (Å²) in [6.07, 6.45) is -0.168. The number of aryl methyl sites for hydroxylation is 1. The van der Waals surface area contributed by atoms with Gasteiger partial charge in [-0.25, -0.2) is 4.68 Å². The molecule has 0 spiro atoms. The van der Waals surface area contributed by atoms with E-state index in [0.29, 0.717) is 35.9 Å². The third-order valence-corrected chi connectivity index (χ3v) is 4.91. The first-order valence-electron chi connectivity index (χ1n) is 9.68. The quantitative estimate of drug-likeness (QED) is 0.481. The number of hydrogen-bond acceptors (Lipinski definition) is 6. The molecule has 0 N–H and O–H groups in total. The third kappa shape index (κ3) is 3.84. The second kappa shape index (κ2) is 7.75. The first-order valence-corrected chi connectivity index (χ1v) is 9.68. The van der Waals surface area contributed by atoms with Crippen LogP contribution in [-0.2, 0) is 4.74 Å². The van der Waals surface area contributed by atoms with E-state index in [1.165, 1.54) is 16.8 Å². The lowest BCUT2D eigenvalue weighted by molar-refractivity contribution is -0.384. The van der Waals surface area contributed by atoms with Crippen molar-refractivity contribution in [3.05, 3.63) is 64.0 Å². The van der Waals surface area contributed by atoms with Gasteiger partial charge in [-0.3, -0.25) is 14.9 Å². The summed E-state index contributed by atoms with van der Waals surface area (Å²) in [4.78, 5) is 25.9. The standard InChI is InChI=1S/C21H22N4O5/c1-13-7-8-20(30-13)18-10-19(21(26)23-11-14(2)29-15(3)12-23)24(22-18)16-5-4-6-17(9-16)25(27)28/h4-10,14-15H,11-12H2,1-3H3/t14-,15+. The maximum absolute atomic E-state index is 13.4. The Morgan fingerprint density at radius 1 is 1.17 bits per heavy atom. The summed E-state index contributed by atoms with van der Waals surface area (Å²) in [5.74, 6) is 1.03. The molecule has 1 aromatic carbocycles. The molecular weight excluding hydrogens is 388 g/mol. The Morgan fingerprint density at radius 2 is 1.90 bits per heavy atom. The van der Waals surface area contributed by atoms with Gasteiger partial charge in [0.25, 0.3) is 11.6 Å². The molecule has 0 saturated carbocycles. The molecule has 9 heteroatoms. The van der Waals surface area contributed by atoms with Gasteiger partial charge in [-0.15, -0.1) is 0 Å². The summed E-state index contributed by atoms with van der Waals surface area (Å²) in [6, 6.07) is 11.3.